The van der Waals surface area contributed by atoms with Gasteiger partial charge in [-0.25, -0.2) is 0 Å². The molecule has 0 bridgehead atoms. The third-order valence-electron chi connectivity index (χ3n) is 3.51. The molecule has 0 unspecified atom stereocenters. The number of hydrogen-bond donors (Lipinski definition) is 0. The van der Waals surface area contributed by atoms with Gasteiger partial charge in [-0.15, -0.1) is 0 Å². The third kappa shape index (κ3) is 3.92. The van der Waals surface area contributed by atoms with Gasteiger partial charge < -0.3 is 9.47 Å². The Morgan fingerprint density at radius 1 is 0.870 bits per heavy atom. The Morgan fingerprint density at radius 3 is 2.48 bits per heavy atom. The lowest BCUT2D eigenvalue weighted by atomic mass is 10.0. The highest BCUT2D eigenvalue weighted by Gasteiger charge is 2.06. The Balaban J connectivity index is 1.80. The number of rotatable bonds is 6. The van der Waals surface area contributed by atoms with E-state index in [4.69, 9.17) is 9.47 Å². The molecule has 0 saturated heterocycles. The van der Waals surface area contributed by atoms with Crippen molar-refractivity contribution in [2.45, 2.75) is 13.5 Å². The molecule has 0 saturated carbocycles. The molecular formula is C21H19O2. The van der Waals surface area contributed by atoms with Crippen molar-refractivity contribution < 1.29 is 9.47 Å². The van der Waals surface area contributed by atoms with Crippen molar-refractivity contribution in [1.29, 1.82) is 0 Å². The molecule has 1 radical (unpaired) electrons. The molecule has 3 aromatic rings. The normalized spacial score (nSPS) is 10.3. The second-order valence-electron chi connectivity index (χ2n) is 5.15. The van der Waals surface area contributed by atoms with Crippen molar-refractivity contribution >= 4 is 0 Å². The molecule has 0 heterocycles. The zero-order chi connectivity index (χ0) is 15.9. The first kappa shape index (κ1) is 15.2. The molecule has 0 atom stereocenters. The van der Waals surface area contributed by atoms with Crippen molar-refractivity contribution in [3.63, 3.8) is 0 Å². The molecule has 0 fully saturated rings. The van der Waals surface area contributed by atoms with Gasteiger partial charge in [-0.3, -0.25) is 0 Å². The van der Waals surface area contributed by atoms with Crippen LogP contribution in [0.5, 0.6) is 11.5 Å². The van der Waals surface area contributed by atoms with Gasteiger partial charge in [0.15, 0.2) is 0 Å². The number of ether oxygens (including phenoxy) is 2. The molecule has 2 nitrogen and oxygen atoms in total. The zero-order valence-corrected chi connectivity index (χ0v) is 13.2. The molecule has 23 heavy (non-hydrogen) atoms. The lowest BCUT2D eigenvalue weighted by Crippen LogP contribution is -1.96. The molecule has 115 valence electrons. The average Bonchev–Trinajstić information content (AvgIpc) is 2.62. The molecule has 3 rings (SSSR count). The van der Waals surface area contributed by atoms with E-state index in [2.05, 4.69) is 12.1 Å². The first-order valence-electron chi connectivity index (χ1n) is 7.77. The maximum Gasteiger partial charge on any atom is 0.128 e. The fourth-order valence-corrected chi connectivity index (χ4v) is 2.42. The van der Waals surface area contributed by atoms with Crippen molar-refractivity contribution in [3.05, 3.63) is 84.4 Å². The van der Waals surface area contributed by atoms with Crippen LogP contribution in [0.2, 0.25) is 0 Å². The number of para-hydroxylation sites is 1. The van der Waals surface area contributed by atoms with Crippen LogP contribution in [-0.4, -0.2) is 6.61 Å². The molecule has 0 spiro atoms. The summed E-state index contributed by atoms with van der Waals surface area (Å²) in [5, 5.41) is 0. The highest BCUT2D eigenvalue weighted by atomic mass is 16.5. The van der Waals surface area contributed by atoms with Gasteiger partial charge in [-0.2, -0.15) is 0 Å². The Morgan fingerprint density at radius 2 is 1.65 bits per heavy atom. The minimum Gasteiger partial charge on any atom is -0.493 e. The predicted molar refractivity (Wildman–Crippen MR) is 92.7 cm³/mol. The predicted octanol–water partition coefficient (Wildman–Crippen LogP) is 5.13. The van der Waals surface area contributed by atoms with Gasteiger partial charge in [-0.1, -0.05) is 54.6 Å². The summed E-state index contributed by atoms with van der Waals surface area (Å²) in [5.41, 5.74) is 3.27. The van der Waals surface area contributed by atoms with E-state index in [1.54, 1.807) is 0 Å². The largest absolute Gasteiger partial charge is 0.493 e. The second kappa shape index (κ2) is 7.50. The molecular weight excluding hydrogens is 284 g/mol. The monoisotopic (exact) mass is 303 g/mol. The maximum absolute atomic E-state index is 5.86. The van der Waals surface area contributed by atoms with Crippen LogP contribution in [0.4, 0.5) is 0 Å². The third-order valence-corrected chi connectivity index (χ3v) is 3.51. The number of hydrogen-bond acceptors (Lipinski definition) is 2. The molecule has 0 aliphatic heterocycles. The Labute approximate surface area is 137 Å². The lowest BCUT2D eigenvalue weighted by molar-refractivity contribution is 0.305. The molecule has 0 amide bonds. The summed E-state index contributed by atoms with van der Waals surface area (Å²) in [5.74, 6) is 1.62. The molecule has 3 aromatic carbocycles. The second-order valence-corrected chi connectivity index (χ2v) is 5.15. The Hall–Kier alpha value is -2.74. The summed E-state index contributed by atoms with van der Waals surface area (Å²) in [4.78, 5) is 0. The van der Waals surface area contributed by atoms with Gasteiger partial charge in [-0.05, 0) is 36.2 Å². The first-order valence-corrected chi connectivity index (χ1v) is 7.77. The summed E-state index contributed by atoms with van der Waals surface area (Å²) >= 11 is 0. The van der Waals surface area contributed by atoms with Gasteiger partial charge in [0.05, 0.1) is 6.61 Å². The summed E-state index contributed by atoms with van der Waals surface area (Å²) in [6.07, 6.45) is 0. The van der Waals surface area contributed by atoms with Gasteiger partial charge in [0.1, 0.15) is 18.1 Å². The minimum absolute atomic E-state index is 0.536. The highest BCUT2D eigenvalue weighted by molar-refractivity contribution is 5.71. The summed E-state index contributed by atoms with van der Waals surface area (Å²) < 4.78 is 11.6. The van der Waals surface area contributed by atoms with Crippen LogP contribution >= 0.6 is 0 Å². The van der Waals surface area contributed by atoms with E-state index in [-0.39, 0.29) is 0 Å². The molecule has 0 aromatic heterocycles. The van der Waals surface area contributed by atoms with Gasteiger partial charge >= 0.3 is 0 Å². The Kier molecular flexibility index (Phi) is 4.95. The van der Waals surface area contributed by atoms with E-state index in [0.29, 0.717) is 13.2 Å². The smallest absolute Gasteiger partial charge is 0.128 e. The van der Waals surface area contributed by atoms with Crippen LogP contribution in [0.1, 0.15) is 12.5 Å². The van der Waals surface area contributed by atoms with E-state index in [1.165, 1.54) is 0 Å². The first-order chi connectivity index (χ1) is 11.4. The van der Waals surface area contributed by atoms with Gasteiger partial charge in [0, 0.05) is 11.6 Å². The van der Waals surface area contributed by atoms with Crippen molar-refractivity contribution in [2.24, 2.45) is 0 Å². The molecule has 2 heteroatoms. The van der Waals surface area contributed by atoms with Crippen molar-refractivity contribution in [1.82, 2.24) is 0 Å². The van der Waals surface area contributed by atoms with Crippen LogP contribution in [0.15, 0.2) is 72.8 Å². The van der Waals surface area contributed by atoms with Crippen LogP contribution < -0.4 is 9.47 Å². The lowest BCUT2D eigenvalue weighted by Gasteiger charge is -2.12. The fraction of sp³-hybridized carbons (Fsp3) is 0.143. The molecule has 0 aliphatic carbocycles. The molecule has 0 aliphatic rings. The van der Waals surface area contributed by atoms with E-state index >= 15 is 0 Å². The van der Waals surface area contributed by atoms with Crippen LogP contribution in [-0.2, 0) is 6.61 Å². The van der Waals surface area contributed by atoms with E-state index in [0.717, 1.165) is 28.2 Å². The topological polar surface area (TPSA) is 18.5 Å². The fourth-order valence-electron chi connectivity index (χ4n) is 2.42. The standard InChI is InChI=1S/C21H19O2/c1-2-22-21-14-7-6-13-20(21)18-11-8-12-19(15-18)23-16-17-9-4-3-5-10-17/h3-11,13-15H,2,16H2,1H3. The minimum atomic E-state index is 0.536. The van der Waals surface area contributed by atoms with Gasteiger partial charge in [0.25, 0.3) is 0 Å². The number of benzene rings is 3. The highest BCUT2D eigenvalue weighted by Crippen LogP contribution is 2.31. The summed E-state index contributed by atoms with van der Waals surface area (Å²) in [6, 6.07) is 27.2. The van der Waals surface area contributed by atoms with Crippen LogP contribution in [0.25, 0.3) is 11.1 Å². The SMILES string of the molecule is CCOc1ccccc1-c1cc[c]c(OCc2ccccc2)c1. The summed E-state index contributed by atoms with van der Waals surface area (Å²) in [6.45, 7) is 3.17. The average molecular weight is 303 g/mol. The van der Waals surface area contributed by atoms with E-state index < -0.39 is 0 Å². The van der Waals surface area contributed by atoms with E-state index in [9.17, 15) is 0 Å². The van der Waals surface area contributed by atoms with Gasteiger partial charge in [0.2, 0.25) is 0 Å². The van der Waals surface area contributed by atoms with E-state index in [1.807, 2.05) is 73.7 Å². The molecule has 0 N–H and O–H groups in total. The maximum atomic E-state index is 5.86. The zero-order valence-electron chi connectivity index (χ0n) is 13.2. The quantitative estimate of drug-likeness (QED) is 0.628. The summed E-state index contributed by atoms with van der Waals surface area (Å²) in [7, 11) is 0. The van der Waals surface area contributed by atoms with Crippen LogP contribution in [0, 0.1) is 6.07 Å². The van der Waals surface area contributed by atoms with Crippen LogP contribution in [0.3, 0.4) is 0 Å². The Bertz CT molecular complexity index is 751. The van der Waals surface area contributed by atoms with Crippen molar-refractivity contribution in [2.75, 3.05) is 6.61 Å². The van der Waals surface area contributed by atoms with Crippen molar-refractivity contribution in [3.8, 4) is 22.6 Å².